The van der Waals surface area contributed by atoms with Crippen LogP contribution in [-0.4, -0.2) is 11.7 Å². The molecule has 0 spiro atoms. The number of methoxy groups -OCH3 is 1. The zero-order valence-corrected chi connectivity index (χ0v) is 9.37. The van der Waals surface area contributed by atoms with Crippen molar-refractivity contribution in [2.45, 2.75) is 13.5 Å². The molecular weight excluding hydrogens is 188 g/mol. The summed E-state index contributed by atoms with van der Waals surface area (Å²) in [6, 6.07) is 6.06. The Morgan fingerprint density at radius 1 is 1.40 bits per heavy atom. The summed E-state index contributed by atoms with van der Waals surface area (Å²) in [4.78, 5) is 0. The molecule has 0 aliphatic rings. The van der Waals surface area contributed by atoms with E-state index in [0.29, 0.717) is 6.54 Å². The second-order valence-electron chi connectivity index (χ2n) is 3.68. The molecule has 15 heavy (non-hydrogen) atoms. The Balaban J connectivity index is 2.89. The van der Waals surface area contributed by atoms with Gasteiger partial charge in [0.2, 0.25) is 0 Å². The van der Waals surface area contributed by atoms with Crippen molar-refractivity contribution in [1.29, 1.82) is 0 Å². The predicted octanol–water partition coefficient (Wildman–Crippen LogP) is 1.95. The first-order valence-corrected chi connectivity index (χ1v) is 5.01. The van der Waals surface area contributed by atoms with Crippen molar-refractivity contribution in [3.8, 4) is 5.75 Å². The Morgan fingerprint density at radius 2 is 2.13 bits per heavy atom. The number of hydrogen-bond donors (Lipinski definition) is 1. The summed E-state index contributed by atoms with van der Waals surface area (Å²) in [5.41, 5.74) is 9.30. The Hall–Kier alpha value is -1.48. The molecule has 0 saturated heterocycles. The molecule has 2 aromatic rings. The van der Waals surface area contributed by atoms with Crippen LogP contribution >= 0.6 is 0 Å². The highest BCUT2D eigenvalue weighted by atomic mass is 16.5. The number of aryl methyl sites for hydroxylation is 1. The molecule has 3 nitrogen and oxygen atoms in total. The first kappa shape index (κ1) is 10.1. The van der Waals surface area contributed by atoms with Gasteiger partial charge in [0.1, 0.15) is 5.75 Å². The molecule has 0 fully saturated rings. The van der Waals surface area contributed by atoms with Crippen LogP contribution in [0, 0.1) is 6.92 Å². The molecule has 0 aliphatic carbocycles. The maximum atomic E-state index is 5.77. The smallest absolute Gasteiger partial charge is 0.143 e. The van der Waals surface area contributed by atoms with E-state index in [1.165, 1.54) is 16.6 Å². The topological polar surface area (TPSA) is 40.2 Å². The second kappa shape index (κ2) is 3.59. The molecule has 0 unspecified atom stereocenters. The van der Waals surface area contributed by atoms with E-state index in [9.17, 15) is 0 Å². The molecule has 0 atom stereocenters. The number of fused-ring (bicyclic) bond motifs is 1. The number of nitrogens with zero attached hydrogens (tertiary/aromatic N) is 1. The van der Waals surface area contributed by atoms with E-state index in [1.54, 1.807) is 7.11 Å². The average molecular weight is 204 g/mol. The summed E-state index contributed by atoms with van der Waals surface area (Å²) in [5, 5.41) is 1.19. The normalized spacial score (nSPS) is 10.9. The van der Waals surface area contributed by atoms with E-state index in [2.05, 4.69) is 17.6 Å². The Kier molecular flexibility index (Phi) is 2.40. The predicted molar refractivity (Wildman–Crippen MR) is 62.1 cm³/mol. The minimum atomic E-state index is 0.566. The summed E-state index contributed by atoms with van der Waals surface area (Å²) < 4.78 is 7.49. The van der Waals surface area contributed by atoms with Crippen LogP contribution in [-0.2, 0) is 13.6 Å². The maximum Gasteiger partial charge on any atom is 0.143 e. The summed E-state index contributed by atoms with van der Waals surface area (Å²) in [6.07, 6.45) is 0. The highest BCUT2D eigenvalue weighted by Crippen LogP contribution is 2.31. The monoisotopic (exact) mass is 204 g/mol. The number of nitrogens with two attached hydrogens (primary N) is 1. The SMILES string of the molecule is COc1cccc2c(CN)c(C)n(C)c12. The quantitative estimate of drug-likeness (QED) is 0.812. The molecule has 1 aromatic carbocycles. The van der Waals surface area contributed by atoms with E-state index >= 15 is 0 Å². The van der Waals surface area contributed by atoms with Crippen LogP contribution in [0.15, 0.2) is 18.2 Å². The van der Waals surface area contributed by atoms with Crippen LogP contribution in [0.1, 0.15) is 11.3 Å². The Morgan fingerprint density at radius 3 is 2.73 bits per heavy atom. The van der Waals surface area contributed by atoms with Gasteiger partial charge in [-0.3, -0.25) is 0 Å². The number of hydrogen-bond acceptors (Lipinski definition) is 2. The second-order valence-corrected chi connectivity index (χ2v) is 3.68. The molecule has 0 amide bonds. The highest BCUT2D eigenvalue weighted by molar-refractivity contribution is 5.90. The first-order valence-electron chi connectivity index (χ1n) is 5.01. The van der Waals surface area contributed by atoms with Crippen molar-refractivity contribution >= 4 is 10.9 Å². The third kappa shape index (κ3) is 1.31. The van der Waals surface area contributed by atoms with Gasteiger partial charge in [-0.05, 0) is 18.6 Å². The summed E-state index contributed by atoms with van der Waals surface area (Å²) >= 11 is 0. The molecule has 3 heteroatoms. The van der Waals surface area contributed by atoms with Gasteiger partial charge in [0, 0.05) is 24.7 Å². The van der Waals surface area contributed by atoms with Gasteiger partial charge >= 0.3 is 0 Å². The van der Waals surface area contributed by atoms with E-state index in [-0.39, 0.29) is 0 Å². The van der Waals surface area contributed by atoms with Crippen LogP contribution in [0.3, 0.4) is 0 Å². The molecule has 1 aromatic heterocycles. The molecule has 2 N–H and O–H groups in total. The molecule has 0 radical (unpaired) electrons. The lowest BCUT2D eigenvalue weighted by Crippen LogP contribution is -1.99. The van der Waals surface area contributed by atoms with Gasteiger partial charge in [0.05, 0.1) is 12.6 Å². The van der Waals surface area contributed by atoms with Crippen LogP contribution in [0.4, 0.5) is 0 Å². The van der Waals surface area contributed by atoms with Gasteiger partial charge < -0.3 is 15.0 Å². The van der Waals surface area contributed by atoms with Gasteiger partial charge in [-0.2, -0.15) is 0 Å². The number of aromatic nitrogens is 1. The zero-order chi connectivity index (χ0) is 11.0. The van der Waals surface area contributed by atoms with E-state index in [4.69, 9.17) is 10.5 Å². The van der Waals surface area contributed by atoms with Crippen molar-refractivity contribution in [3.05, 3.63) is 29.5 Å². The molecule has 0 saturated carbocycles. The maximum absolute atomic E-state index is 5.77. The largest absolute Gasteiger partial charge is 0.495 e. The van der Waals surface area contributed by atoms with Crippen LogP contribution < -0.4 is 10.5 Å². The van der Waals surface area contributed by atoms with Crippen LogP contribution in [0.25, 0.3) is 10.9 Å². The van der Waals surface area contributed by atoms with Crippen LogP contribution in [0.5, 0.6) is 5.75 Å². The van der Waals surface area contributed by atoms with Gasteiger partial charge in [-0.1, -0.05) is 12.1 Å². The fourth-order valence-electron chi connectivity index (χ4n) is 2.10. The third-order valence-corrected chi connectivity index (χ3v) is 3.02. The Labute approximate surface area is 89.4 Å². The zero-order valence-electron chi connectivity index (χ0n) is 9.37. The molecule has 0 aliphatic heterocycles. The summed E-state index contributed by atoms with van der Waals surface area (Å²) in [7, 11) is 3.73. The molecular formula is C12H16N2O. The molecule has 0 bridgehead atoms. The average Bonchev–Trinajstić information content (AvgIpc) is 2.51. The standard InChI is InChI=1S/C12H16N2O/c1-8-10(7-13)9-5-4-6-11(15-3)12(9)14(8)2/h4-6H,7,13H2,1-3H3. The van der Waals surface area contributed by atoms with E-state index < -0.39 is 0 Å². The summed E-state index contributed by atoms with van der Waals surface area (Å²) in [5.74, 6) is 0.901. The highest BCUT2D eigenvalue weighted by Gasteiger charge is 2.13. The minimum absolute atomic E-state index is 0.566. The number of benzene rings is 1. The number of para-hydroxylation sites is 1. The van der Waals surface area contributed by atoms with E-state index in [1.807, 2.05) is 19.2 Å². The lowest BCUT2D eigenvalue weighted by molar-refractivity contribution is 0.418. The van der Waals surface area contributed by atoms with Gasteiger partial charge in [-0.15, -0.1) is 0 Å². The fourth-order valence-corrected chi connectivity index (χ4v) is 2.10. The Bertz CT molecular complexity index is 500. The van der Waals surface area contributed by atoms with Crippen molar-refractivity contribution in [1.82, 2.24) is 4.57 Å². The summed E-state index contributed by atoms with van der Waals surface area (Å²) in [6.45, 7) is 2.65. The van der Waals surface area contributed by atoms with Gasteiger partial charge in [-0.25, -0.2) is 0 Å². The van der Waals surface area contributed by atoms with Gasteiger partial charge in [0.15, 0.2) is 0 Å². The van der Waals surface area contributed by atoms with Crippen molar-refractivity contribution in [3.63, 3.8) is 0 Å². The first-order chi connectivity index (χ1) is 7.20. The van der Waals surface area contributed by atoms with E-state index in [0.717, 1.165) is 11.3 Å². The van der Waals surface area contributed by atoms with Gasteiger partial charge in [0.25, 0.3) is 0 Å². The number of ether oxygens (including phenoxy) is 1. The fraction of sp³-hybridized carbons (Fsp3) is 0.333. The lowest BCUT2D eigenvalue weighted by Gasteiger charge is -2.04. The van der Waals surface area contributed by atoms with Crippen molar-refractivity contribution < 1.29 is 4.74 Å². The lowest BCUT2D eigenvalue weighted by atomic mass is 10.1. The third-order valence-electron chi connectivity index (χ3n) is 3.02. The van der Waals surface area contributed by atoms with Crippen molar-refractivity contribution in [2.75, 3.05) is 7.11 Å². The number of rotatable bonds is 2. The molecule has 1 heterocycles. The molecule has 80 valence electrons. The molecule has 2 rings (SSSR count). The van der Waals surface area contributed by atoms with Crippen molar-refractivity contribution in [2.24, 2.45) is 12.8 Å². The minimum Gasteiger partial charge on any atom is -0.495 e. The van der Waals surface area contributed by atoms with Crippen LogP contribution in [0.2, 0.25) is 0 Å².